The molecule has 3 aromatic rings. The lowest BCUT2D eigenvalue weighted by molar-refractivity contribution is -0.133. The number of nitrogens with zero attached hydrogens (tertiary/aromatic N) is 4. The van der Waals surface area contributed by atoms with Gasteiger partial charge in [-0.15, -0.1) is 0 Å². The number of carbonyl (C=O) groups excluding carboxylic acids is 3. The molecule has 0 spiro atoms. The first-order valence-corrected chi connectivity index (χ1v) is 16.4. The maximum absolute atomic E-state index is 14.4. The highest BCUT2D eigenvalue weighted by Gasteiger charge is 2.32. The number of methoxy groups -OCH3 is 1. The van der Waals surface area contributed by atoms with Crippen molar-refractivity contribution in [3.63, 3.8) is 0 Å². The number of anilines is 1. The number of nitrogens with one attached hydrogen (secondary N) is 1. The maximum atomic E-state index is 14.4. The van der Waals surface area contributed by atoms with Gasteiger partial charge in [0.15, 0.2) is 0 Å². The van der Waals surface area contributed by atoms with Gasteiger partial charge in [0.25, 0.3) is 5.56 Å². The molecule has 0 saturated carbocycles. The van der Waals surface area contributed by atoms with Crippen LogP contribution in [0.1, 0.15) is 45.1 Å². The van der Waals surface area contributed by atoms with Gasteiger partial charge in [-0.05, 0) is 75.8 Å². The van der Waals surface area contributed by atoms with E-state index in [1.165, 1.54) is 18.3 Å². The van der Waals surface area contributed by atoms with Crippen LogP contribution >= 0.6 is 11.6 Å². The normalized spacial score (nSPS) is 15.3. The summed E-state index contributed by atoms with van der Waals surface area (Å²) < 4.78 is 27.0. The second-order valence-electron chi connectivity index (χ2n) is 12.8. The minimum atomic E-state index is -0.953. The van der Waals surface area contributed by atoms with Gasteiger partial charge in [0.2, 0.25) is 5.91 Å². The van der Waals surface area contributed by atoms with Crippen molar-refractivity contribution in [2.75, 3.05) is 32.1 Å². The number of ether oxygens (including phenoxy) is 2. The zero-order valence-electron chi connectivity index (χ0n) is 27.7. The second kappa shape index (κ2) is 14.7. The van der Waals surface area contributed by atoms with Crippen LogP contribution in [0, 0.1) is 5.82 Å². The minimum Gasteiger partial charge on any atom is -0.497 e. The molecule has 49 heavy (non-hydrogen) atoms. The Kier molecular flexibility index (Phi) is 10.7. The molecule has 2 aliphatic rings. The molecule has 0 radical (unpaired) electrons. The number of amides is 4. The van der Waals surface area contributed by atoms with Crippen LogP contribution < -0.4 is 27.0 Å². The Morgan fingerprint density at radius 2 is 1.82 bits per heavy atom. The minimum absolute atomic E-state index is 0.0472. The van der Waals surface area contributed by atoms with Crippen molar-refractivity contribution < 1.29 is 28.2 Å². The molecule has 1 fully saturated rings. The van der Waals surface area contributed by atoms with Crippen LogP contribution in [0.15, 0.2) is 52.2 Å². The van der Waals surface area contributed by atoms with Gasteiger partial charge in [-0.25, -0.2) is 18.8 Å². The molecule has 1 saturated heterocycles. The Morgan fingerprint density at radius 1 is 1.08 bits per heavy atom. The molecule has 5 rings (SSSR count). The number of piperidine rings is 1. The monoisotopic (exact) mass is 698 g/mol. The summed E-state index contributed by atoms with van der Waals surface area (Å²) >= 11 is 6.24. The topological polar surface area (TPSA) is 158 Å². The smallest absolute Gasteiger partial charge is 0.405 e. The van der Waals surface area contributed by atoms with Crippen molar-refractivity contribution in [3.8, 4) is 16.9 Å². The third-order valence-corrected chi connectivity index (χ3v) is 9.40. The van der Waals surface area contributed by atoms with E-state index in [1.807, 2.05) is 12.1 Å². The van der Waals surface area contributed by atoms with Crippen molar-refractivity contribution in [3.05, 3.63) is 79.8 Å². The van der Waals surface area contributed by atoms with Gasteiger partial charge in [0, 0.05) is 49.7 Å². The van der Waals surface area contributed by atoms with E-state index in [2.05, 4.69) is 5.32 Å². The first kappa shape index (κ1) is 35.5. The van der Waals surface area contributed by atoms with E-state index in [4.69, 9.17) is 26.8 Å². The Bertz CT molecular complexity index is 1870. The Morgan fingerprint density at radius 3 is 2.51 bits per heavy atom. The molecule has 0 unspecified atom stereocenters. The third kappa shape index (κ3) is 8.07. The van der Waals surface area contributed by atoms with Gasteiger partial charge >= 0.3 is 17.8 Å². The van der Waals surface area contributed by atoms with Crippen LogP contribution in [0.25, 0.3) is 11.1 Å². The van der Waals surface area contributed by atoms with E-state index in [0.29, 0.717) is 44.6 Å². The van der Waals surface area contributed by atoms with Crippen molar-refractivity contribution in [2.24, 2.45) is 5.73 Å². The van der Waals surface area contributed by atoms with Crippen molar-refractivity contribution >= 4 is 35.3 Å². The maximum Gasteiger partial charge on any atom is 0.405 e. The number of urea groups is 1. The summed E-state index contributed by atoms with van der Waals surface area (Å²) in [5.41, 5.74) is 4.54. The Labute approximate surface area is 287 Å². The number of likely N-dealkylation sites (tertiary alicyclic amines) is 1. The molecule has 4 amide bonds. The largest absolute Gasteiger partial charge is 0.497 e. The van der Waals surface area contributed by atoms with Gasteiger partial charge in [-0.1, -0.05) is 23.7 Å². The van der Waals surface area contributed by atoms with Crippen LogP contribution in [-0.2, 0) is 29.0 Å². The van der Waals surface area contributed by atoms with E-state index in [9.17, 15) is 28.4 Å². The number of fused-ring (bicyclic) bond motifs is 1. The Hall–Kier alpha value is -4.85. The number of benzene rings is 2. The molecule has 0 bridgehead atoms. The lowest BCUT2D eigenvalue weighted by Gasteiger charge is -2.38. The van der Waals surface area contributed by atoms with Crippen molar-refractivity contribution in [1.82, 2.24) is 18.9 Å². The van der Waals surface area contributed by atoms with Crippen LogP contribution in [0.4, 0.5) is 19.7 Å². The lowest BCUT2D eigenvalue weighted by Crippen LogP contribution is -2.51. The fraction of sp³-hybridized carbons (Fsp3) is 0.441. The molecule has 3 N–H and O–H groups in total. The van der Waals surface area contributed by atoms with Gasteiger partial charge < -0.3 is 30.3 Å². The number of primary amides is 1. The number of nitrogens with two attached hydrogens (primary N) is 1. The molecule has 13 nitrogen and oxygen atoms in total. The first-order chi connectivity index (χ1) is 23.3. The SMILES string of the molecule is COc1ccc2c(c1)CCN(C1CCN(C(=O)Cn3cc(-c4cccc(F)c4Cl)c(=O)n(CCCC(C)(C)OC(N)=O)c3=O)CC1)C(=O)N2. The van der Waals surface area contributed by atoms with Gasteiger partial charge in [0.1, 0.15) is 23.7 Å². The molecule has 262 valence electrons. The first-order valence-electron chi connectivity index (χ1n) is 16.1. The molecule has 2 aromatic carbocycles. The zero-order chi connectivity index (χ0) is 35.5. The molecule has 0 atom stereocenters. The summed E-state index contributed by atoms with van der Waals surface area (Å²) in [7, 11) is 1.59. The van der Waals surface area contributed by atoms with E-state index >= 15 is 0 Å². The standard InChI is InChI=1S/C34H40ClFN6O7/c1-34(2,49-31(37)45)13-5-14-42-30(44)25(24-6-4-7-26(36)29(24)35)19-40(33(42)47)20-28(43)39-15-11-22(12-16-39)41-17-10-21-18-23(48-3)8-9-27(21)38-32(41)46/h4,6-9,18-19,22H,5,10-17,20H2,1-3H3,(H2,37,45)(H,38,46). The number of hydrogen-bond donors (Lipinski definition) is 2. The molecule has 0 aliphatic carbocycles. The van der Waals surface area contributed by atoms with Gasteiger partial charge in [0.05, 0.1) is 17.7 Å². The zero-order valence-corrected chi connectivity index (χ0v) is 28.4. The summed E-state index contributed by atoms with van der Waals surface area (Å²) in [5.74, 6) is -0.376. The quantitative estimate of drug-likeness (QED) is 0.321. The fourth-order valence-corrected chi connectivity index (χ4v) is 6.65. The molecule has 3 heterocycles. The van der Waals surface area contributed by atoms with Crippen molar-refractivity contribution in [1.29, 1.82) is 0 Å². The highest BCUT2D eigenvalue weighted by Crippen LogP contribution is 2.29. The summed E-state index contributed by atoms with van der Waals surface area (Å²) in [6, 6.07) is 9.27. The summed E-state index contributed by atoms with van der Waals surface area (Å²) in [6.07, 6.45) is 2.55. The summed E-state index contributed by atoms with van der Waals surface area (Å²) in [5, 5.41) is 2.69. The molecule has 1 aromatic heterocycles. The van der Waals surface area contributed by atoms with Gasteiger partial charge in [-0.3, -0.25) is 18.7 Å². The van der Waals surface area contributed by atoms with Gasteiger partial charge in [-0.2, -0.15) is 0 Å². The number of carbonyl (C=O) groups is 3. The summed E-state index contributed by atoms with van der Waals surface area (Å²) in [6.45, 7) is 4.09. The lowest BCUT2D eigenvalue weighted by atomic mass is 10.0. The predicted molar refractivity (Wildman–Crippen MR) is 181 cm³/mol. The third-order valence-electron chi connectivity index (χ3n) is 9.02. The van der Waals surface area contributed by atoms with E-state index < -0.39 is 28.8 Å². The van der Waals surface area contributed by atoms with Crippen LogP contribution in [0.5, 0.6) is 5.75 Å². The number of hydrogen-bond acceptors (Lipinski definition) is 7. The predicted octanol–water partition coefficient (Wildman–Crippen LogP) is 4.21. The van der Waals surface area contributed by atoms with E-state index in [1.54, 1.807) is 36.8 Å². The molecule has 2 aliphatic heterocycles. The fourth-order valence-electron chi connectivity index (χ4n) is 6.42. The molecular formula is C34H40ClFN6O7. The number of rotatable bonds is 10. The number of aromatic nitrogens is 2. The van der Waals surface area contributed by atoms with Crippen LogP contribution in [-0.4, -0.2) is 75.4 Å². The highest BCUT2D eigenvalue weighted by atomic mass is 35.5. The number of halogens is 2. The average Bonchev–Trinajstić information content (AvgIpc) is 3.22. The van der Waals surface area contributed by atoms with Crippen LogP contribution in [0.2, 0.25) is 5.02 Å². The summed E-state index contributed by atoms with van der Waals surface area (Å²) in [4.78, 5) is 68.6. The highest BCUT2D eigenvalue weighted by molar-refractivity contribution is 6.33. The molecule has 15 heteroatoms. The Balaban J connectivity index is 1.32. The van der Waals surface area contributed by atoms with Crippen LogP contribution in [0.3, 0.4) is 0 Å². The van der Waals surface area contributed by atoms with Crippen molar-refractivity contribution in [2.45, 2.75) is 70.7 Å². The van der Waals surface area contributed by atoms with E-state index in [-0.39, 0.29) is 60.1 Å². The average molecular weight is 699 g/mol. The van der Waals surface area contributed by atoms with E-state index in [0.717, 1.165) is 26.5 Å². The second-order valence-corrected chi connectivity index (χ2v) is 13.2. The molecular weight excluding hydrogens is 659 g/mol.